The molecule has 2 unspecified atom stereocenters. The van der Waals surface area contributed by atoms with Gasteiger partial charge >= 0.3 is 0 Å². The maximum Gasteiger partial charge on any atom is 0.251 e. The lowest BCUT2D eigenvalue weighted by atomic mass is 9.96. The summed E-state index contributed by atoms with van der Waals surface area (Å²) in [5, 5.41) is 2.99. The highest BCUT2D eigenvalue weighted by molar-refractivity contribution is 5.94. The quantitative estimate of drug-likeness (QED) is 0.808. The largest absolute Gasteiger partial charge is 0.352 e. The molecule has 1 heterocycles. The Hall–Kier alpha value is -2.37. The van der Waals surface area contributed by atoms with E-state index in [9.17, 15) is 9.59 Å². The van der Waals surface area contributed by atoms with Gasteiger partial charge in [-0.15, -0.1) is 12.4 Å². The fourth-order valence-corrected chi connectivity index (χ4v) is 3.47. The van der Waals surface area contributed by atoms with Crippen LogP contribution in [0.5, 0.6) is 0 Å². The number of hydrogen-bond donors (Lipinski definition) is 2. The highest BCUT2D eigenvalue weighted by Crippen LogP contribution is 2.21. The van der Waals surface area contributed by atoms with Crippen molar-refractivity contribution in [1.82, 2.24) is 10.2 Å². The molecule has 0 aliphatic carbocycles. The second-order valence-corrected chi connectivity index (χ2v) is 7.26. The van der Waals surface area contributed by atoms with Gasteiger partial charge in [0, 0.05) is 25.2 Å². The molecule has 2 aromatic rings. The van der Waals surface area contributed by atoms with Gasteiger partial charge < -0.3 is 16.0 Å². The lowest BCUT2D eigenvalue weighted by Gasteiger charge is -2.34. The van der Waals surface area contributed by atoms with Crippen molar-refractivity contribution in [2.24, 2.45) is 11.7 Å². The summed E-state index contributed by atoms with van der Waals surface area (Å²) in [6, 6.07) is 16.3. The minimum absolute atomic E-state index is 0. The third kappa shape index (κ3) is 5.57. The first-order valence-corrected chi connectivity index (χ1v) is 9.49. The van der Waals surface area contributed by atoms with Crippen LogP contribution in [0.15, 0.2) is 54.6 Å². The molecule has 2 aromatic carbocycles. The minimum Gasteiger partial charge on any atom is -0.352 e. The Morgan fingerprint density at radius 1 is 1.14 bits per heavy atom. The van der Waals surface area contributed by atoms with Gasteiger partial charge in [-0.1, -0.05) is 48.0 Å². The predicted octanol–water partition coefficient (Wildman–Crippen LogP) is 3.09. The fraction of sp³-hybridized carbons (Fsp3) is 0.364. The predicted molar refractivity (Wildman–Crippen MR) is 113 cm³/mol. The molecule has 5 nitrogen and oxygen atoms in total. The van der Waals surface area contributed by atoms with E-state index in [0.717, 1.165) is 30.5 Å². The number of amides is 2. The van der Waals surface area contributed by atoms with Crippen LogP contribution in [0, 0.1) is 12.8 Å². The second kappa shape index (κ2) is 10.2. The lowest BCUT2D eigenvalue weighted by Crippen LogP contribution is -2.46. The van der Waals surface area contributed by atoms with E-state index in [1.54, 1.807) is 12.1 Å². The molecule has 1 fully saturated rings. The summed E-state index contributed by atoms with van der Waals surface area (Å²) in [7, 11) is 0. The monoisotopic (exact) mass is 401 g/mol. The highest BCUT2D eigenvalue weighted by Gasteiger charge is 2.28. The SMILES string of the molecule is Cc1ccc(C(N)C(=O)N2CCCC(CNC(=O)c3ccccc3)C2)cc1.Cl. The smallest absolute Gasteiger partial charge is 0.251 e. The first-order chi connectivity index (χ1) is 13.0. The maximum atomic E-state index is 12.8. The van der Waals surface area contributed by atoms with Gasteiger partial charge in [0.1, 0.15) is 6.04 Å². The van der Waals surface area contributed by atoms with Gasteiger partial charge in [0.25, 0.3) is 5.91 Å². The first kappa shape index (κ1) is 21.9. The number of piperidine rings is 1. The van der Waals surface area contributed by atoms with E-state index in [2.05, 4.69) is 5.32 Å². The van der Waals surface area contributed by atoms with Crippen molar-refractivity contribution in [3.05, 3.63) is 71.3 Å². The van der Waals surface area contributed by atoms with Crippen LogP contribution in [-0.2, 0) is 4.79 Å². The summed E-state index contributed by atoms with van der Waals surface area (Å²) in [4.78, 5) is 26.9. The van der Waals surface area contributed by atoms with Crippen molar-refractivity contribution >= 4 is 24.2 Å². The average Bonchev–Trinajstić information content (AvgIpc) is 2.72. The molecule has 6 heteroatoms. The molecule has 3 rings (SSSR count). The zero-order valence-corrected chi connectivity index (χ0v) is 17.0. The third-order valence-electron chi connectivity index (χ3n) is 5.12. The molecule has 0 saturated carbocycles. The van der Waals surface area contributed by atoms with Crippen molar-refractivity contribution in [3.63, 3.8) is 0 Å². The summed E-state index contributed by atoms with van der Waals surface area (Å²) in [5.74, 6) is 0.133. The van der Waals surface area contributed by atoms with Crippen LogP contribution in [0.3, 0.4) is 0 Å². The van der Waals surface area contributed by atoms with Gasteiger partial charge in [0.2, 0.25) is 5.91 Å². The molecule has 0 radical (unpaired) electrons. The Balaban J connectivity index is 0.00000280. The number of carbonyl (C=O) groups is 2. The van der Waals surface area contributed by atoms with Gasteiger partial charge in [-0.2, -0.15) is 0 Å². The summed E-state index contributed by atoms with van der Waals surface area (Å²) in [6.07, 6.45) is 1.93. The van der Waals surface area contributed by atoms with Gasteiger partial charge in [0.15, 0.2) is 0 Å². The number of halogens is 1. The fourth-order valence-electron chi connectivity index (χ4n) is 3.47. The van der Waals surface area contributed by atoms with Crippen molar-refractivity contribution in [1.29, 1.82) is 0 Å². The summed E-state index contributed by atoms with van der Waals surface area (Å²) in [5.41, 5.74) is 8.84. The Bertz CT molecular complexity index is 780. The van der Waals surface area contributed by atoms with Gasteiger partial charge in [-0.05, 0) is 43.4 Å². The molecular weight excluding hydrogens is 374 g/mol. The van der Waals surface area contributed by atoms with Crippen LogP contribution in [0.25, 0.3) is 0 Å². The van der Waals surface area contributed by atoms with E-state index in [0.29, 0.717) is 18.7 Å². The van der Waals surface area contributed by atoms with Crippen molar-refractivity contribution < 1.29 is 9.59 Å². The number of rotatable bonds is 5. The topological polar surface area (TPSA) is 75.4 Å². The molecule has 0 spiro atoms. The number of aryl methyl sites for hydroxylation is 1. The van der Waals surface area contributed by atoms with E-state index >= 15 is 0 Å². The number of benzene rings is 2. The molecule has 1 aliphatic heterocycles. The molecule has 28 heavy (non-hydrogen) atoms. The molecular formula is C22H28ClN3O2. The molecule has 1 aliphatic rings. The third-order valence-corrected chi connectivity index (χ3v) is 5.12. The Morgan fingerprint density at radius 3 is 2.50 bits per heavy atom. The number of likely N-dealkylation sites (tertiary alicyclic amines) is 1. The first-order valence-electron chi connectivity index (χ1n) is 9.49. The van der Waals surface area contributed by atoms with Crippen LogP contribution in [0.2, 0.25) is 0 Å². The number of nitrogens with zero attached hydrogens (tertiary/aromatic N) is 1. The molecule has 0 aromatic heterocycles. The highest BCUT2D eigenvalue weighted by atomic mass is 35.5. The van der Waals surface area contributed by atoms with Gasteiger partial charge in [-0.3, -0.25) is 9.59 Å². The average molecular weight is 402 g/mol. The van der Waals surface area contributed by atoms with Crippen molar-refractivity contribution in [2.75, 3.05) is 19.6 Å². The van der Waals surface area contributed by atoms with E-state index < -0.39 is 6.04 Å². The normalized spacial score (nSPS) is 17.4. The number of hydrogen-bond acceptors (Lipinski definition) is 3. The molecule has 3 N–H and O–H groups in total. The zero-order chi connectivity index (χ0) is 19.2. The van der Waals surface area contributed by atoms with Gasteiger partial charge in [0.05, 0.1) is 0 Å². The van der Waals surface area contributed by atoms with Crippen LogP contribution in [-0.4, -0.2) is 36.3 Å². The Labute approximate surface area is 172 Å². The molecule has 150 valence electrons. The summed E-state index contributed by atoms with van der Waals surface area (Å²) >= 11 is 0. The van der Waals surface area contributed by atoms with Crippen molar-refractivity contribution in [2.45, 2.75) is 25.8 Å². The molecule has 0 bridgehead atoms. The summed E-state index contributed by atoms with van der Waals surface area (Å²) in [6.45, 7) is 3.93. The van der Waals surface area contributed by atoms with Gasteiger partial charge in [-0.25, -0.2) is 0 Å². The molecule has 2 atom stereocenters. The second-order valence-electron chi connectivity index (χ2n) is 7.26. The van der Waals surface area contributed by atoms with E-state index in [-0.39, 0.29) is 30.1 Å². The van der Waals surface area contributed by atoms with Crippen LogP contribution < -0.4 is 11.1 Å². The molecule has 1 saturated heterocycles. The van der Waals surface area contributed by atoms with Crippen LogP contribution >= 0.6 is 12.4 Å². The number of nitrogens with one attached hydrogen (secondary N) is 1. The van der Waals surface area contributed by atoms with Crippen LogP contribution in [0.4, 0.5) is 0 Å². The minimum atomic E-state index is -0.636. The maximum absolute atomic E-state index is 12.8. The molecule has 2 amide bonds. The van der Waals surface area contributed by atoms with Crippen LogP contribution in [0.1, 0.15) is 40.4 Å². The summed E-state index contributed by atoms with van der Waals surface area (Å²) < 4.78 is 0. The number of nitrogens with two attached hydrogens (primary N) is 1. The zero-order valence-electron chi connectivity index (χ0n) is 16.1. The number of carbonyl (C=O) groups excluding carboxylic acids is 2. The Morgan fingerprint density at radius 2 is 1.82 bits per heavy atom. The Kier molecular flexibility index (Phi) is 8.03. The van der Waals surface area contributed by atoms with E-state index in [4.69, 9.17) is 5.73 Å². The van der Waals surface area contributed by atoms with E-state index in [1.807, 2.05) is 54.3 Å². The van der Waals surface area contributed by atoms with Crippen molar-refractivity contribution in [3.8, 4) is 0 Å². The van der Waals surface area contributed by atoms with E-state index in [1.165, 1.54) is 0 Å². The standard InChI is InChI=1S/C22H27N3O2.ClH/c1-16-9-11-18(12-10-16)20(23)22(27)25-13-5-6-17(15-25)14-24-21(26)19-7-3-2-4-8-19;/h2-4,7-12,17,20H,5-6,13-15,23H2,1H3,(H,24,26);1H. The lowest BCUT2D eigenvalue weighted by molar-refractivity contribution is -0.134.